The van der Waals surface area contributed by atoms with Crippen molar-refractivity contribution in [3.8, 4) is 0 Å². The van der Waals surface area contributed by atoms with E-state index in [-0.39, 0.29) is 11.7 Å². The molecule has 0 amide bonds. The predicted octanol–water partition coefficient (Wildman–Crippen LogP) is 2.85. The minimum Gasteiger partial charge on any atom is -0.440 e. The Morgan fingerprint density at radius 1 is 1.38 bits per heavy atom. The standard InChI is InChI=1S/C16H17N5O3/c1-19-10-17-14(21(22)23)16(19)20-8-4-5-11(9-20)15-18-12-6-2-3-7-13(12)24-15/h2-3,6-7,10-11H,4-5,8-9H2,1H3/t11-/m1/s1. The molecule has 8 nitrogen and oxygen atoms in total. The van der Waals surface area contributed by atoms with Crippen molar-refractivity contribution in [3.63, 3.8) is 0 Å². The SMILES string of the molecule is Cn1cnc([N+](=O)[O-])c1N1CCC[C@@H](c2nc3ccccc3o2)C1. The summed E-state index contributed by atoms with van der Waals surface area (Å²) in [5, 5.41) is 11.2. The molecule has 0 saturated carbocycles. The van der Waals surface area contributed by atoms with Crippen LogP contribution < -0.4 is 4.90 Å². The van der Waals surface area contributed by atoms with Crippen molar-refractivity contribution in [2.24, 2.45) is 7.05 Å². The molecule has 24 heavy (non-hydrogen) atoms. The van der Waals surface area contributed by atoms with E-state index in [2.05, 4.69) is 9.97 Å². The number of benzene rings is 1. The number of hydrogen-bond donors (Lipinski definition) is 0. The Balaban J connectivity index is 1.64. The van der Waals surface area contributed by atoms with Crippen LogP contribution in [0.15, 0.2) is 35.0 Å². The topological polar surface area (TPSA) is 90.2 Å². The predicted molar refractivity (Wildman–Crippen MR) is 88.1 cm³/mol. The van der Waals surface area contributed by atoms with Crippen LogP contribution in [0, 0.1) is 10.1 Å². The number of aromatic nitrogens is 3. The van der Waals surface area contributed by atoms with Gasteiger partial charge in [-0.15, -0.1) is 0 Å². The molecule has 1 saturated heterocycles. The molecule has 4 rings (SSSR count). The van der Waals surface area contributed by atoms with Crippen molar-refractivity contribution in [1.29, 1.82) is 0 Å². The van der Waals surface area contributed by atoms with E-state index in [4.69, 9.17) is 4.42 Å². The molecular formula is C16H17N5O3. The van der Waals surface area contributed by atoms with E-state index in [1.807, 2.05) is 29.2 Å². The first-order valence-electron chi connectivity index (χ1n) is 7.89. The van der Waals surface area contributed by atoms with Gasteiger partial charge in [0.15, 0.2) is 11.5 Å². The largest absolute Gasteiger partial charge is 0.440 e. The van der Waals surface area contributed by atoms with Crippen LogP contribution in [-0.2, 0) is 7.05 Å². The number of nitro groups is 1. The lowest BCUT2D eigenvalue weighted by Gasteiger charge is -2.32. The molecule has 0 radical (unpaired) electrons. The number of oxazole rings is 1. The summed E-state index contributed by atoms with van der Waals surface area (Å²) >= 11 is 0. The Morgan fingerprint density at radius 2 is 2.21 bits per heavy atom. The van der Waals surface area contributed by atoms with Crippen molar-refractivity contribution >= 4 is 22.7 Å². The Hall–Kier alpha value is -2.90. The number of anilines is 1. The van der Waals surface area contributed by atoms with Crippen molar-refractivity contribution in [2.45, 2.75) is 18.8 Å². The van der Waals surface area contributed by atoms with E-state index in [1.54, 1.807) is 11.6 Å². The van der Waals surface area contributed by atoms with E-state index in [9.17, 15) is 10.1 Å². The monoisotopic (exact) mass is 327 g/mol. The first-order chi connectivity index (χ1) is 11.6. The van der Waals surface area contributed by atoms with Gasteiger partial charge in [0.05, 0.1) is 5.92 Å². The van der Waals surface area contributed by atoms with Gasteiger partial charge >= 0.3 is 5.82 Å². The molecule has 1 aliphatic heterocycles. The van der Waals surface area contributed by atoms with Gasteiger partial charge in [-0.05, 0) is 34.9 Å². The van der Waals surface area contributed by atoms with E-state index >= 15 is 0 Å². The highest BCUT2D eigenvalue weighted by Crippen LogP contribution is 2.34. The summed E-state index contributed by atoms with van der Waals surface area (Å²) in [6.07, 6.45) is 3.36. The Labute approximate surface area is 137 Å². The Bertz CT molecular complexity index is 867. The summed E-state index contributed by atoms with van der Waals surface area (Å²) in [6.45, 7) is 1.39. The number of imidazole rings is 1. The molecule has 8 heteroatoms. The highest BCUT2D eigenvalue weighted by molar-refractivity contribution is 5.72. The van der Waals surface area contributed by atoms with Crippen molar-refractivity contribution < 1.29 is 9.34 Å². The number of piperidine rings is 1. The second kappa shape index (κ2) is 5.63. The number of nitrogens with zero attached hydrogens (tertiary/aromatic N) is 5. The zero-order chi connectivity index (χ0) is 16.7. The minimum atomic E-state index is -0.432. The maximum atomic E-state index is 11.2. The average Bonchev–Trinajstić information content (AvgIpc) is 3.18. The molecule has 1 aromatic carbocycles. The van der Waals surface area contributed by atoms with Crippen LogP contribution in [0.4, 0.5) is 11.6 Å². The maximum absolute atomic E-state index is 11.2. The molecule has 0 bridgehead atoms. The maximum Gasteiger partial charge on any atom is 0.406 e. The van der Waals surface area contributed by atoms with Gasteiger partial charge in [0.2, 0.25) is 12.1 Å². The third-order valence-electron chi connectivity index (χ3n) is 4.44. The molecule has 0 unspecified atom stereocenters. The lowest BCUT2D eigenvalue weighted by atomic mass is 9.98. The highest BCUT2D eigenvalue weighted by atomic mass is 16.6. The number of aryl methyl sites for hydroxylation is 1. The summed E-state index contributed by atoms with van der Waals surface area (Å²) in [5.74, 6) is 1.25. The van der Waals surface area contributed by atoms with Gasteiger partial charge in [-0.1, -0.05) is 12.1 Å². The molecule has 124 valence electrons. The number of fused-ring (bicyclic) bond motifs is 1. The molecule has 2 aromatic heterocycles. The third-order valence-corrected chi connectivity index (χ3v) is 4.44. The minimum absolute atomic E-state index is 0.101. The molecular weight excluding hydrogens is 310 g/mol. The number of rotatable bonds is 3. The second-order valence-corrected chi connectivity index (χ2v) is 6.06. The summed E-state index contributed by atoms with van der Waals surface area (Å²) in [7, 11) is 1.78. The molecule has 3 heterocycles. The molecule has 1 fully saturated rings. The van der Waals surface area contributed by atoms with Crippen LogP contribution in [-0.4, -0.2) is 32.5 Å². The van der Waals surface area contributed by atoms with Gasteiger partial charge in [0.25, 0.3) is 0 Å². The van der Waals surface area contributed by atoms with Gasteiger partial charge in [-0.25, -0.2) is 4.98 Å². The molecule has 1 aliphatic rings. The Morgan fingerprint density at radius 3 is 3.00 bits per heavy atom. The fourth-order valence-corrected chi connectivity index (χ4v) is 3.34. The second-order valence-electron chi connectivity index (χ2n) is 6.06. The highest BCUT2D eigenvalue weighted by Gasteiger charge is 2.32. The van der Waals surface area contributed by atoms with Crippen molar-refractivity contribution in [1.82, 2.24) is 14.5 Å². The van der Waals surface area contributed by atoms with Gasteiger partial charge < -0.3 is 19.4 Å². The van der Waals surface area contributed by atoms with Crippen molar-refractivity contribution in [3.05, 3.63) is 46.6 Å². The normalized spacial score (nSPS) is 18.2. The zero-order valence-electron chi connectivity index (χ0n) is 13.3. The van der Waals surface area contributed by atoms with Crippen molar-refractivity contribution in [2.75, 3.05) is 18.0 Å². The van der Waals surface area contributed by atoms with E-state index in [0.717, 1.165) is 30.5 Å². The molecule has 0 spiro atoms. The molecule has 0 aliphatic carbocycles. The average molecular weight is 327 g/mol. The fraction of sp³-hybridized carbons (Fsp3) is 0.375. The van der Waals surface area contributed by atoms with Crippen LogP contribution >= 0.6 is 0 Å². The van der Waals surface area contributed by atoms with Crippen LogP contribution in [0.1, 0.15) is 24.7 Å². The Kier molecular flexibility index (Phi) is 3.44. The van der Waals surface area contributed by atoms with Gasteiger partial charge in [0.1, 0.15) is 5.52 Å². The summed E-state index contributed by atoms with van der Waals surface area (Å²) in [6, 6.07) is 7.68. The molecule has 3 aromatic rings. The summed E-state index contributed by atoms with van der Waals surface area (Å²) in [4.78, 5) is 21.3. The first kappa shape index (κ1) is 14.7. The quantitative estimate of drug-likeness (QED) is 0.543. The number of hydrogen-bond acceptors (Lipinski definition) is 6. The van der Waals surface area contributed by atoms with Crippen LogP contribution in [0.2, 0.25) is 0 Å². The van der Waals surface area contributed by atoms with Crippen LogP contribution in [0.5, 0.6) is 0 Å². The zero-order valence-corrected chi connectivity index (χ0v) is 13.3. The lowest BCUT2D eigenvalue weighted by Crippen LogP contribution is -2.36. The van der Waals surface area contributed by atoms with E-state index < -0.39 is 4.92 Å². The van der Waals surface area contributed by atoms with Crippen LogP contribution in [0.25, 0.3) is 11.1 Å². The smallest absolute Gasteiger partial charge is 0.406 e. The fourth-order valence-electron chi connectivity index (χ4n) is 3.34. The molecule has 1 atom stereocenters. The summed E-state index contributed by atoms with van der Waals surface area (Å²) in [5.41, 5.74) is 1.62. The van der Waals surface area contributed by atoms with E-state index in [1.165, 1.54) is 6.33 Å². The summed E-state index contributed by atoms with van der Waals surface area (Å²) < 4.78 is 7.59. The first-order valence-corrected chi connectivity index (χ1v) is 7.89. The number of para-hydroxylation sites is 2. The third kappa shape index (κ3) is 2.40. The molecule has 0 N–H and O–H groups in total. The van der Waals surface area contributed by atoms with Crippen LogP contribution in [0.3, 0.4) is 0 Å². The van der Waals surface area contributed by atoms with Gasteiger partial charge in [-0.2, -0.15) is 0 Å². The van der Waals surface area contributed by atoms with Gasteiger partial charge in [0, 0.05) is 20.1 Å². The van der Waals surface area contributed by atoms with E-state index in [0.29, 0.717) is 18.3 Å². The lowest BCUT2D eigenvalue weighted by molar-refractivity contribution is -0.388. The van der Waals surface area contributed by atoms with Gasteiger partial charge in [-0.3, -0.25) is 4.57 Å².